The number of hydrogen-bond donors (Lipinski definition) is 1. The quantitative estimate of drug-likeness (QED) is 0.464. The van der Waals surface area contributed by atoms with Crippen LogP contribution in [0, 0.1) is 0 Å². The van der Waals surface area contributed by atoms with Crippen LogP contribution >= 0.6 is 0 Å². The lowest BCUT2D eigenvalue weighted by atomic mass is 10.1. The van der Waals surface area contributed by atoms with E-state index in [0.29, 0.717) is 11.3 Å². The topological polar surface area (TPSA) is 102 Å². The van der Waals surface area contributed by atoms with Crippen molar-refractivity contribution in [3.63, 3.8) is 0 Å². The zero-order valence-corrected chi connectivity index (χ0v) is 16.7. The summed E-state index contributed by atoms with van der Waals surface area (Å²) in [4.78, 5) is 49.8. The van der Waals surface area contributed by atoms with Gasteiger partial charge in [-0.05, 0) is 61.9 Å². The monoisotopic (exact) mass is 408 g/mol. The Bertz CT molecular complexity index is 1020. The maximum Gasteiger partial charge on any atom is 0.337 e. The fourth-order valence-corrected chi connectivity index (χ4v) is 2.84. The van der Waals surface area contributed by atoms with E-state index in [2.05, 4.69) is 10.1 Å². The highest BCUT2D eigenvalue weighted by Gasteiger charge is 2.36. The van der Waals surface area contributed by atoms with E-state index in [1.165, 1.54) is 37.5 Å². The van der Waals surface area contributed by atoms with Gasteiger partial charge >= 0.3 is 12.0 Å². The molecule has 154 valence electrons. The van der Waals surface area contributed by atoms with Gasteiger partial charge in [0, 0.05) is 0 Å². The molecule has 0 bridgehead atoms. The number of nitrogens with one attached hydrogen (secondary N) is 1. The Labute approximate surface area is 173 Å². The number of barbiturate groups is 1. The molecule has 0 aliphatic carbocycles. The fraction of sp³-hybridized carbons (Fsp3) is 0.182. The van der Waals surface area contributed by atoms with Crippen molar-refractivity contribution in [3.8, 4) is 5.75 Å². The summed E-state index contributed by atoms with van der Waals surface area (Å²) in [5.41, 5.74) is 0.884. The lowest BCUT2D eigenvalue weighted by Gasteiger charge is -2.26. The highest BCUT2D eigenvalue weighted by molar-refractivity contribution is 6.39. The van der Waals surface area contributed by atoms with Gasteiger partial charge in [-0.25, -0.2) is 14.5 Å². The van der Waals surface area contributed by atoms with Crippen molar-refractivity contribution < 1.29 is 28.7 Å². The molecule has 0 saturated carbocycles. The lowest BCUT2D eigenvalue weighted by molar-refractivity contribution is -0.122. The molecule has 0 aromatic heterocycles. The van der Waals surface area contributed by atoms with Crippen LogP contribution in [-0.2, 0) is 14.3 Å². The number of rotatable bonds is 5. The molecule has 4 amide bonds. The van der Waals surface area contributed by atoms with Gasteiger partial charge < -0.3 is 9.47 Å². The van der Waals surface area contributed by atoms with E-state index in [1.807, 2.05) is 13.8 Å². The average molecular weight is 408 g/mol. The van der Waals surface area contributed by atoms with Gasteiger partial charge in [-0.1, -0.05) is 12.1 Å². The summed E-state index contributed by atoms with van der Waals surface area (Å²) in [5.74, 6) is -1.43. The van der Waals surface area contributed by atoms with Crippen LogP contribution in [-0.4, -0.2) is 37.0 Å². The normalized spacial score (nSPS) is 15.4. The lowest BCUT2D eigenvalue weighted by Crippen LogP contribution is -2.54. The number of hydrogen-bond acceptors (Lipinski definition) is 6. The third-order valence-electron chi connectivity index (χ3n) is 4.21. The molecular formula is C22H20N2O6. The van der Waals surface area contributed by atoms with Crippen LogP contribution in [0.25, 0.3) is 6.08 Å². The summed E-state index contributed by atoms with van der Waals surface area (Å²) in [6, 6.07) is 11.7. The smallest absolute Gasteiger partial charge is 0.337 e. The third-order valence-corrected chi connectivity index (χ3v) is 4.21. The molecule has 0 spiro atoms. The van der Waals surface area contributed by atoms with Gasteiger partial charge in [0.2, 0.25) is 0 Å². The standard InChI is InChI=1S/C22H20N2O6/c1-13(2)30-17-10-4-14(5-11-17)12-18-19(25)23-22(28)24(20(18)26)16-8-6-15(7-9-16)21(27)29-3/h4-13H,1-3H3,(H,23,25,28)/b18-12+. The maximum absolute atomic E-state index is 12.9. The Balaban J connectivity index is 1.88. The van der Waals surface area contributed by atoms with Crippen LogP contribution in [0.1, 0.15) is 29.8 Å². The van der Waals surface area contributed by atoms with Gasteiger partial charge in [-0.3, -0.25) is 14.9 Å². The molecule has 8 heteroatoms. The van der Waals surface area contributed by atoms with Crippen LogP contribution in [0.5, 0.6) is 5.75 Å². The van der Waals surface area contributed by atoms with Crippen molar-refractivity contribution in [2.45, 2.75) is 20.0 Å². The Hall–Kier alpha value is -3.94. The minimum absolute atomic E-state index is 0.0186. The summed E-state index contributed by atoms with van der Waals surface area (Å²) in [6.45, 7) is 3.81. The number of anilines is 1. The SMILES string of the molecule is COC(=O)c1ccc(N2C(=O)NC(=O)/C(=C\c3ccc(OC(C)C)cc3)C2=O)cc1. The molecule has 2 aromatic carbocycles. The summed E-state index contributed by atoms with van der Waals surface area (Å²) in [5, 5.41) is 2.16. The maximum atomic E-state index is 12.9. The van der Waals surface area contributed by atoms with E-state index in [0.717, 1.165) is 4.90 Å². The molecule has 1 aliphatic heterocycles. The van der Waals surface area contributed by atoms with Crippen molar-refractivity contribution >= 4 is 35.6 Å². The second kappa shape index (κ2) is 8.60. The second-order valence-corrected chi connectivity index (χ2v) is 6.73. The van der Waals surface area contributed by atoms with Crippen molar-refractivity contribution in [2.24, 2.45) is 0 Å². The van der Waals surface area contributed by atoms with Crippen LogP contribution in [0.4, 0.5) is 10.5 Å². The zero-order chi connectivity index (χ0) is 21.8. The number of nitrogens with zero attached hydrogens (tertiary/aromatic N) is 1. The molecular weight excluding hydrogens is 388 g/mol. The molecule has 2 aromatic rings. The first-order valence-electron chi connectivity index (χ1n) is 9.16. The van der Waals surface area contributed by atoms with Crippen molar-refractivity contribution in [1.29, 1.82) is 0 Å². The minimum atomic E-state index is -0.867. The average Bonchev–Trinajstić information content (AvgIpc) is 2.71. The second-order valence-electron chi connectivity index (χ2n) is 6.73. The first-order valence-corrected chi connectivity index (χ1v) is 9.16. The molecule has 1 saturated heterocycles. The highest BCUT2D eigenvalue weighted by Crippen LogP contribution is 2.23. The molecule has 1 N–H and O–H groups in total. The van der Waals surface area contributed by atoms with Gasteiger partial charge in [0.15, 0.2) is 0 Å². The van der Waals surface area contributed by atoms with E-state index in [4.69, 9.17) is 4.74 Å². The summed E-state index contributed by atoms with van der Waals surface area (Å²) >= 11 is 0. The number of esters is 1. The third kappa shape index (κ3) is 4.38. The van der Waals surface area contributed by atoms with Crippen LogP contribution in [0.2, 0.25) is 0 Å². The number of benzene rings is 2. The molecule has 8 nitrogen and oxygen atoms in total. The summed E-state index contributed by atoms with van der Waals surface area (Å²) in [6.07, 6.45) is 1.42. The largest absolute Gasteiger partial charge is 0.491 e. The minimum Gasteiger partial charge on any atom is -0.491 e. The Kier molecular flexibility index (Phi) is 5.96. The predicted octanol–water partition coefficient (Wildman–Crippen LogP) is 2.93. The van der Waals surface area contributed by atoms with Crippen molar-refractivity contribution in [2.75, 3.05) is 12.0 Å². The molecule has 1 heterocycles. The van der Waals surface area contributed by atoms with Crippen LogP contribution in [0.15, 0.2) is 54.1 Å². The van der Waals surface area contributed by atoms with Gasteiger partial charge in [-0.15, -0.1) is 0 Å². The number of imide groups is 2. The highest BCUT2D eigenvalue weighted by atomic mass is 16.5. The number of carbonyl (C=O) groups excluding carboxylic acids is 4. The number of urea groups is 1. The van der Waals surface area contributed by atoms with Gasteiger partial charge in [-0.2, -0.15) is 0 Å². The van der Waals surface area contributed by atoms with E-state index in [9.17, 15) is 19.2 Å². The zero-order valence-electron chi connectivity index (χ0n) is 16.7. The molecule has 1 fully saturated rings. The summed E-state index contributed by atoms with van der Waals surface area (Å²) < 4.78 is 10.2. The molecule has 0 atom stereocenters. The van der Waals surface area contributed by atoms with Gasteiger partial charge in [0.25, 0.3) is 11.8 Å². The first kappa shape index (κ1) is 20.8. The Morgan fingerprint density at radius 2 is 1.63 bits per heavy atom. The fourth-order valence-electron chi connectivity index (χ4n) is 2.84. The predicted molar refractivity (Wildman–Crippen MR) is 109 cm³/mol. The molecule has 0 radical (unpaired) electrons. The number of methoxy groups -OCH3 is 1. The molecule has 1 aliphatic rings. The summed E-state index contributed by atoms with van der Waals surface area (Å²) in [7, 11) is 1.25. The number of carbonyl (C=O) groups is 4. The Morgan fingerprint density at radius 3 is 2.20 bits per heavy atom. The van der Waals surface area contributed by atoms with E-state index in [-0.39, 0.29) is 22.9 Å². The van der Waals surface area contributed by atoms with Crippen LogP contribution in [0.3, 0.4) is 0 Å². The number of amides is 4. The van der Waals surface area contributed by atoms with E-state index >= 15 is 0 Å². The van der Waals surface area contributed by atoms with Gasteiger partial charge in [0.05, 0.1) is 24.5 Å². The van der Waals surface area contributed by atoms with Gasteiger partial charge in [0.1, 0.15) is 11.3 Å². The molecule has 0 unspecified atom stereocenters. The van der Waals surface area contributed by atoms with Crippen molar-refractivity contribution in [3.05, 3.63) is 65.2 Å². The van der Waals surface area contributed by atoms with E-state index in [1.54, 1.807) is 24.3 Å². The first-order chi connectivity index (χ1) is 14.3. The van der Waals surface area contributed by atoms with Crippen LogP contribution < -0.4 is 15.0 Å². The Morgan fingerprint density at radius 1 is 1.00 bits per heavy atom. The number of ether oxygens (including phenoxy) is 2. The molecule has 30 heavy (non-hydrogen) atoms. The van der Waals surface area contributed by atoms with E-state index < -0.39 is 23.8 Å². The molecule has 3 rings (SSSR count). The van der Waals surface area contributed by atoms with Crippen molar-refractivity contribution in [1.82, 2.24) is 5.32 Å².